The molecule has 1 atom stereocenters. The van der Waals surface area contributed by atoms with E-state index in [9.17, 15) is 5.11 Å². The van der Waals surface area contributed by atoms with Gasteiger partial charge in [0.15, 0.2) is 0 Å². The Kier molecular flexibility index (Phi) is 8.74. The molecule has 1 rings (SSSR count). The number of unbranched alkanes of at least 4 members (excludes halogenated alkanes) is 1. The average Bonchev–Trinajstić information content (AvgIpc) is 2.66. The van der Waals surface area contributed by atoms with Crippen molar-refractivity contribution >= 4 is 0 Å². The van der Waals surface area contributed by atoms with E-state index in [1.807, 2.05) is 0 Å². The van der Waals surface area contributed by atoms with Crippen LogP contribution in [0.1, 0.15) is 78.6 Å². The van der Waals surface area contributed by atoms with E-state index in [4.69, 9.17) is 4.74 Å². The molecule has 3 heteroatoms. The average molecular weight is 285 g/mol. The zero-order valence-electron chi connectivity index (χ0n) is 13.8. The maximum atomic E-state index is 9.53. The third kappa shape index (κ3) is 7.61. The Labute approximate surface area is 125 Å². The highest BCUT2D eigenvalue weighted by Crippen LogP contribution is 2.20. The van der Waals surface area contributed by atoms with Gasteiger partial charge in [0.1, 0.15) is 0 Å². The Bertz CT molecular complexity index is 237. The summed E-state index contributed by atoms with van der Waals surface area (Å²) in [6.07, 6.45) is 11.7. The molecule has 0 spiro atoms. The van der Waals surface area contributed by atoms with Gasteiger partial charge in [0.05, 0.1) is 12.7 Å². The fourth-order valence-electron chi connectivity index (χ4n) is 3.17. The van der Waals surface area contributed by atoms with Crippen molar-refractivity contribution in [1.29, 1.82) is 0 Å². The lowest BCUT2D eigenvalue weighted by Gasteiger charge is -2.31. The fourth-order valence-corrected chi connectivity index (χ4v) is 3.17. The largest absolute Gasteiger partial charge is 0.394 e. The summed E-state index contributed by atoms with van der Waals surface area (Å²) in [5.74, 6) is 0. The Morgan fingerprint density at radius 1 is 1.15 bits per heavy atom. The summed E-state index contributed by atoms with van der Waals surface area (Å²) in [4.78, 5) is 0. The molecular weight excluding hydrogens is 250 g/mol. The van der Waals surface area contributed by atoms with Crippen molar-refractivity contribution in [1.82, 2.24) is 5.32 Å². The smallest absolute Gasteiger partial charge is 0.0610 e. The molecule has 1 aliphatic rings. The molecule has 3 nitrogen and oxygen atoms in total. The monoisotopic (exact) mass is 285 g/mol. The van der Waals surface area contributed by atoms with E-state index in [-0.39, 0.29) is 12.1 Å². The van der Waals surface area contributed by atoms with Crippen LogP contribution in [0.5, 0.6) is 0 Å². The summed E-state index contributed by atoms with van der Waals surface area (Å²) in [6, 6.07) is 0.411. The zero-order chi connectivity index (χ0) is 14.8. The Morgan fingerprint density at radius 3 is 2.35 bits per heavy atom. The van der Waals surface area contributed by atoms with Crippen molar-refractivity contribution in [2.75, 3.05) is 13.2 Å². The van der Waals surface area contributed by atoms with Crippen LogP contribution in [0.2, 0.25) is 0 Å². The molecule has 1 unspecified atom stereocenters. The minimum absolute atomic E-state index is 0.142. The van der Waals surface area contributed by atoms with Crippen molar-refractivity contribution < 1.29 is 9.84 Å². The number of nitrogens with one attached hydrogen (secondary N) is 1. The lowest BCUT2D eigenvalue weighted by molar-refractivity contribution is 0.0391. The van der Waals surface area contributed by atoms with E-state index < -0.39 is 0 Å². The third-order valence-electron chi connectivity index (χ3n) is 4.26. The molecule has 0 aliphatic heterocycles. The molecule has 120 valence electrons. The first-order valence-corrected chi connectivity index (χ1v) is 8.56. The fraction of sp³-hybridized carbons (Fsp3) is 1.00. The second kappa shape index (κ2) is 9.75. The van der Waals surface area contributed by atoms with Crippen LogP contribution in [0.25, 0.3) is 0 Å². The van der Waals surface area contributed by atoms with Crippen LogP contribution in [-0.4, -0.2) is 36.0 Å². The number of aliphatic hydroxyl groups excluding tert-OH is 1. The Hall–Kier alpha value is -0.120. The van der Waals surface area contributed by atoms with E-state index in [1.54, 1.807) is 0 Å². The van der Waals surface area contributed by atoms with Gasteiger partial charge in [-0.3, -0.25) is 0 Å². The first kappa shape index (κ1) is 17.9. The van der Waals surface area contributed by atoms with Gasteiger partial charge in [-0.15, -0.1) is 0 Å². The Morgan fingerprint density at radius 2 is 1.80 bits per heavy atom. The Balaban J connectivity index is 2.10. The number of ether oxygens (including phenoxy) is 1. The summed E-state index contributed by atoms with van der Waals surface area (Å²) in [5, 5.41) is 13.0. The minimum atomic E-state index is -0.142. The maximum absolute atomic E-state index is 9.53. The molecule has 1 aliphatic carbocycles. The van der Waals surface area contributed by atoms with Gasteiger partial charge in [-0.05, 0) is 39.0 Å². The number of aliphatic hydroxyl groups is 1. The molecule has 1 saturated carbocycles. The molecule has 2 N–H and O–H groups in total. The highest BCUT2D eigenvalue weighted by molar-refractivity contribution is 4.83. The predicted octanol–water partition coefficient (Wildman–Crippen LogP) is 3.65. The van der Waals surface area contributed by atoms with Gasteiger partial charge in [-0.25, -0.2) is 0 Å². The van der Waals surface area contributed by atoms with Crippen LogP contribution >= 0.6 is 0 Å². The van der Waals surface area contributed by atoms with E-state index in [0.29, 0.717) is 12.1 Å². The first-order valence-electron chi connectivity index (χ1n) is 8.56. The predicted molar refractivity (Wildman–Crippen MR) is 85.1 cm³/mol. The van der Waals surface area contributed by atoms with Gasteiger partial charge < -0.3 is 15.2 Å². The van der Waals surface area contributed by atoms with Crippen molar-refractivity contribution in [2.24, 2.45) is 0 Å². The summed E-state index contributed by atoms with van der Waals surface area (Å²) < 4.78 is 6.01. The molecule has 0 aromatic heterocycles. The standard InChI is InChI=1S/C17H35NO2/c1-15(2)18-17(3,14-19)12-8-9-13-20-16-10-6-4-5-7-11-16/h15-16,18-19H,4-14H2,1-3H3. The van der Waals surface area contributed by atoms with E-state index in [1.165, 1.54) is 38.5 Å². The molecule has 0 heterocycles. The van der Waals surface area contributed by atoms with Crippen LogP contribution in [0.3, 0.4) is 0 Å². The quantitative estimate of drug-likeness (QED) is 0.502. The normalized spacial score (nSPS) is 20.9. The van der Waals surface area contributed by atoms with Gasteiger partial charge in [-0.1, -0.05) is 39.5 Å². The van der Waals surface area contributed by atoms with Gasteiger partial charge >= 0.3 is 0 Å². The molecule has 0 aromatic rings. The molecule has 1 fully saturated rings. The summed E-state index contributed by atoms with van der Waals surface area (Å²) >= 11 is 0. The highest BCUT2D eigenvalue weighted by atomic mass is 16.5. The molecule has 20 heavy (non-hydrogen) atoms. The molecular formula is C17H35NO2. The van der Waals surface area contributed by atoms with Crippen LogP contribution in [-0.2, 0) is 4.74 Å². The second-order valence-corrected chi connectivity index (χ2v) is 6.96. The van der Waals surface area contributed by atoms with Crippen molar-refractivity contribution in [3.8, 4) is 0 Å². The van der Waals surface area contributed by atoms with Gasteiger partial charge in [0, 0.05) is 18.2 Å². The number of hydrogen-bond acceptors (Lipinski definition) is 3. The van der Waals surface area contributed by atoms with E-state index >= 15 is 0 Å². The molecule has 0 bridgehead atoms. The minimum Gasteiger partial charge on any atom is -0.394 e. The number of hydrogen-bond donors (Lipinski definition) is 2. The first-order chi connectivity index (χ1) is 9.56. The molecule has 0 radical (unpaired) electrons. The number of rotatable bonds is 9. The zero-order valence-corrected chi connectivity index (χ0v) is 13.8. The SMILES string of the molecule is CC(C)NC(C)(CO)CCCCOC1CCCCCC1. The van der Waals surface area contributed by atoms with Crippen molar-refractivity contribution in [2.45, 2.75) is 96.2 Å². The van der Waals surface area contributed by atoms with Crippen LogP contribution in [0.15, 0.2) is 0 Å². The lowest BCUT2D eigenvalue weighted by Crippen LogP contribution is -2.49. The molecule has 0 amide bonds. The molecule has 0 saturated heterocycles. The van der Waals surface area contributed by atoms with Crippen molar-refractivity contribution in [3.63, 3.8) is 0 Å². The lowest BCUT2D eigenvalue weighted by atomic mass is 9.95. The highest BCUT2D eigenvalue weighted by Gasteiger charge is 2.23. The van der Waals surface area contributed by atoms with Gasteiger partial charge in [0.25, 0.3) is 0 Å². The van der Waals surface area contributed by atoms with Crippen molar-refractivity contribution in [3.05, 3.63) is 0 Å². The van der Waals surface area contributed by atoms with E-state index in [0.717, 1.165) is 25.9 Å². The summed E-state index contributed by atoms with van der Waals surface area (Å²) in [6.45, 7) is 7.45. The summed E-state index contributed by atoms with van der Waals surface area (Å²) in [7, 11) is 0. The van der Waals surface area contributed by atoms with Gasteiger partial charge in [0.2, 0.25) is 0 Å². The van der Waals surface area contributed by atoms with Crippen LogP contribution in [0.4, 0.5) is 0 Å². The third-order valence-corrected chi connectivity index (χ3v) is 4.26. The summed E-state index contributed by atoms with van der Waals surface area (Å²) in [5.41, 5.74) is -0.142. The second-order valence-electron chi connectivity index (χ2n) is 6.96. The topological polar surface area (TPSA) is 41.5 Å². The van der Waals surface area contributed by atoms with Crippen LogP contribution in [0, 0.1) is 0 Å². The molecule has 0 aromatic carbocycles. The van der Waals surface area contributed by atoms with E-state index in [2.05, 4.69) is 26.1 Å². The maximum Gasteiger partial charge on any atom is 0.0610 e. The van der Waals surface area contributed by atoms with Gasteiger partial charge in [-0.2, -0.15) is 0 Å². The van der Waals surface area contributed by atoms with Crippen LogP contribution < -0.4 is 5.32 Å².